The normalized spacial score (nSPS) is 12.4. The minimum Gasteiger partial charge on any atom is -0.340 e. The zero-order valence-corrected chi connectivity index (χ0v) is 16.5. The Bertz CT molecular complexity index is 1270. The molecule has 154 valence electrons. The van der Waals surface area contributed by atoms with Gasteiger partial charge in [-0.1, -0.05) is 26.0 Å². The van der Waals surface area contributed by atoms with Crippen molar-refractivity contribution in [1.82, 2.24) is 30.1 Å². The van der Waals surface area contributed by atoms with Gasteiger partial charge in [0.15, 0.2) is 0 Å². The van der Waals surface area contributed by atoms with E-state index in [0.717, 1.165) is 0 Å². The van der Waals surface area contributed by atoms with Crippen LogP contribution in [0.4, 0.5) is 5.82 Å². The summed E-state index contributed by atoms with van der Waals surface area (Å²) in [5, 5.41) is 16.6. The van der Waals surface area contributed by atoms with Gasteiger partial charge in [-0.05, 0) is 24.5 Å². The lowest BCUT2D eigenvalue weighted by molar-refractivity contribution is -0.118. The number of carbonyl (C=O) groups is 2. The fraction of sp³-hybridized carbons (Fsp3) is 0.250. The molecule has 1 aromatic carbocycles. The van der Waals surface area contributed by atoms with Crippen molar-refractivity contribution in [3.63, 3.8) is 0 Å². The first-order valence-corrected chi connectivity index (χ1v) is 9.54. The average Bonchev–Trinajstić information content (AvgIpc) is 3.37. The molecular weight excluding hydrogens is 386 g/mol. The van der Waals surface area contributed by atoms with E-state index < -0.39 is 11.9 Å². The Labute approximate surface area is 170 Å². The molecule has 0 radical (unpaired) electrons. The summed E-state index contributed by atoms with van der Waals surface area (Å²) in [5.41, 5.74) is 0.726. The van der Waals surface area contributed by atoms with Crippen molar-refractivity contribution in [2.75, 3.05) is 5.32 Å². The molecule has 10 heteroatoms. The first-order valence-electron chi connectivity index (χ1n) is 9.54. The molecule has 0 spiro atoms. The molecule has 10 nitrogen and oxygen atoms in total. The molecule has 4 aromatic rings. The molecule has 3 heterocycles. The summed E-state index contributed by atoms with van der Waals surface area (Å²) in [5.74, 6) is -0.261. The molecule has 0 fully saturated rings. The van der Waals surface area contributed by atoms with Crippen molar-refractivity contribution >= 4 is 34.2 Å². The van der Waals surface area contributed by atoms with Crippen LogP contribution < -0.4 is 16.2 Å². The number of rotatable bonds is 6. The number of para-hydroxylation sites is 1. The molecule has 0 bridgehead atoms. The number of fused-ring (bicyclic) bond motifs is 3. The van der Waals surface area contributed by atoms with Gasteiger partial charge in [-0.2, -0.15) is 10.2 Å². The average molecular weight is 407 g/mol. The van der Waals surface area contributed by atoms with Crippen molar-refractivity contribution in [3.8, 4) is 0 Å². The van der Waals surface area contributed by atoms with Gasteiger partial charge in [-0.15, -0.1) is 0 Å². The highest BCUT2D eigenvalue weighted by molar-refractivity contribution is 6.04. The van der Waals surface area contributed by atoms with Crippen LogP contribution >= 0.6 is 0 Å². The number of nitrogens with one attached hydrogen (secondary N) is 4. The largest absolute Gasteiger partial charge is 0.340 e. The Kier molecular flexibility index (Phi) is 5.05. The van der Waals surface area contributed by atoms with E-state index in [1.165, 1.54) is 16.9 Å². The van der Waals surface area contributed by atoms with Gasteiger partial charge in [0.2, 0.25) is 5.91 Å². The van der Waals surface area contributed by atoms with E-state index in [-0.39, 0.29) is 28.6 Å². The third-order valence-electron chi connectivity index (χ3n) is 4.71. The summed E-state index contributed by atoms with van der Waals surface area (Å²) in [7, 11) is 0. The predicted molar refractivity (Wildman–Crippen MR) is 111 cm³/mol. The number of amides is 2. The third kappa shape index (κ3) is 3.66. The highest BCUT2D eigenvalue weighted by atomic mass is 16.2. The Balaban J connectivity index is 1.64. The second-order valence-corrected chi connectivity index (χ2v) is 7.41. The molecule has 3 aromatic heterocycles. The van der Waals surface area contributed by atoms with E-state index >= 15 is 0 Å². The zero-order valence-electron chi connectivity index (χ0n) is 16.5. The van der Waals surface area contributed by atoms with Crippen LogP contribution in [0.15, 0.2) is 47.5 Å². The molecule has 4 rings (SSSR count). The van der Waals surface area contributed by atoms with Crippen LogP contribution in [-0.2, 0) is 4.79 Å². The number of hydrogen-bond acceptors (Lipinski definition) is 5. The van der Waals surface area contributed by atoms with E-state index in [1.807, 2.05) is 13.8 Å². The fourth-order valence-corrected chi connectivity index (χ4v) is 3.33. The third-order valence-corrected chi connectivity index (χ3v) is 4.71. The maximum Gasteiger partial charge on any atom is 0.259 e. The van der Waals surface area contributed by atoms with E-state index in [2.05, 4.69) is 30.9 Å². The number of nitrogens with zero attached hydrogens (tertiary/aromatic N) is 3. The Hall–Kier alpha value is -3.95. The quantitative estimate of drug-likeness (QED) is 0.385. The molecule has 4 N–H and O–H groups in total. The lowest BCUT2D eigenvalue weighted by Gasteiger charge is -2.19. The van der Waals surface area contributed by atoms with Crippen LogP contribution in [0.2, 0.25) is 0 Å². The smallest absolute Gasteiger partial charge is 0.259 e. The van der Waals surface area contributed by atoms with Gasteiger partial charge in [0.1, 0.15) is 23.1 Å². The predicted octanol–water partition coefficient (Wildman–Crippen LogP) is 1.68. The number of aromatic nitrogens is 5. The lowest BCUT2D eigenvalue weighted by Crippen LogP contribution is -2.44. The van der Waals surface area contributed by atoms with Gasteiger partial charge in [0, 0.05) is 6.07 Å². The van der Waals surface area contributed by atoms with Gasteiger partial charge in [-0.3, -0.25) is 19.5 Å². The lowest BCUT2D eigenvalue weighted by atomic mass is 10.0. The van der Waals surface area contributed by atoms with Crippen molar-refractivity contribution in [1.29, 1.82) is 0 Å². The van der Waals surface area contributed by atoms with Crippen LogP contribution in [0.5, 0.6) is 0 Å². The summed E-state index contributed by atoms with van der Waals surface area (Å²) < 4.78 is 1.51. The maximum absolute atomic E-state index is 13.0. The van der Waals surface area contributed by atoms with Gasteiger partial charge >= 0.3 is 0 Å². The summed E-state index contributed by atoms with van der Waals surface area (Å²) in [6, 6.07) is 7.84. The highest BCUT2D eigenvalue weighted by Gasteiger charge is 2.25. The highest BCUT2D eigenvalue weighted by Crippen LogP contribution is 2.15. The van der Waals surface area contributed by atoms with E-state index in [0.29, 0.717) is 23.1 Å². The Morgan fingerprint density at radius 3 is 2.73 bits per heavy atom. The summed E-state index contributed by atoms with van der Waals surface area (Å²) in [6.45, 7) is 3.92. The molecule has 1 unspecified atom stereocenters. The van der Waals surface area contributed by atoms with Crippen LogP contribution in [-0.4, -0.2) is 42.7 Å². The van der Waals surface area contributed by atoms with Crippen molar-refractivity contribution in [3.05, 3.63) is 58.6 Å². The number of benzene rings is 1. The van der Waals surface area contributed by atoms with Crippen LogP contribution in [0.25, 0.3) is 16.6 Å². The number of aromatic amines is 2. The minimum atomic E-state index is -0.775. The first-order chi connectivity index (χ1) is 14.4. The SMILES string of the molecule is CC(C)CC(NC(=O)c1cnn2c1[nH]c(=O)c1ccccc12)C(=O)Nc1ccn[nH]1. The van der Waals surface area contributed by atoms with Crippen LogP contribution in [0.3, 0.4) is 0 Å². The van der Waals surface area contributed by atoms with Gasteiger partial charge in [-0.25, -0.2) is 4.52 Å². The molecule has 0 aliphatic heterocycles. The number of anilines is 1. The second-order valence-electron chi connectivity index (χ2n) is 7.41. The maximum atomic E-state index is 13.0. The Morgan fingerprint density at radius 2 is 2.00 bits per heavy atom. The standard InChI is InChI=1S/C20H21N7O3/c1-11(2)9-14(20(30)24-16-7-8-21-26-16)23-19(29)13-10-22-27-15-6-4-3-5-12(15)18(28)25-17(13)27/h3-8,10-11,14H,9H2,1-2H3,(H,23,29)(H,25,28)(H2,21,24,26,30). The number of hydrogen-bond donors (Lipinski definition) is 4. The monoisotopic (exact) mass is 407 g/mol. The molecule has 2 amide bonds. The Morgan fingerprint density at radius 1 is 1.20 bits per heavy atom. The van der Waals surface area contributed by atoms with E-state index in [9.17, 15) is 14.4 Å². The molecule has 0 aliphatic carbocycles. The van der Waals surface area contributed by atoms with Gasteiger partial charge in [0.25, 0.3) is 11.5 Å². The summed E-state index contributed by atoms with van der Waals surface area (Å²) in [4.78, 5) is 40.8. The summed E-state index contributed by atoms with van der Waals surface area (Å²) >= 11 is 0. The van der Waals surface area contributed by atoms with E-state index in [4.69, 9.17) is 0 Å². The second kappa shape index (κ2) is 7.82. The van der Waals surface area contributed by atoms with Gasteiger partial charge < -0.3 is 15.6 Å². The van der Waals surface area contributed by atoms with Crippen molar-refractivity contribution in [2.45, 2.75) is 26.3 Å². The molecule has 0 saturated carbocycles. The van der Waals surface area contributed by atoms with Crippen molar-refractivity contribution in [2.24, 2.45) is 5.92 Å². The fourth-order valence-electron chi connectivity index (χ4n) is 3.33. The van der Waals surface area contributed by atoms with Gasteiger partial charge in [0.05, 0.1) is 23.3 Å². The zero-order chi connectivity index (χ0) is 21.3. The molecule has 1 atom stereocenters. The van der Waals surface area contributed by atoms with Crippen LogP contribution in [0.1, 0.15) is 30.6 Å². The van der Waals surface area contributed by atoms with E-state index in [1.54, 1.807) is 30.3 Å². The number of H-pyrrole nitrogens is 2. The summed E-state index contributed by atoms with van der Waals surface area (Å²) in [6.07, 6.45) is 3.34. The molecule has 0 saturated heterocycles. The molecular formula is C20H21N7O3. The molecule has 0 aliphatic rings. The topological polar surface area (TPSA) is 137 Å². The van der Waals surface area contributed by atoms with Crippen LogP contribution in [0, 0.1) is 5.92 Å². The number of carbonyl (C=O) groups excluding carboxylic acids is 2. The molecule has 30 heavy (non-hydrogen) atoms. The van der Waals surface area contributed by atoms with Crippen molar-refractivity contribution < 1.29 is 9.59 Å². The minimum absolute atomic E-state index is 0.162. The first kappa shape index (κ1) is 19.4.